The van der Waals surface area contributed by atoms with Gasteiger partial charge in [0.25, 0.3) is 0 Å². The predicted octanol–water partition coefficient (Wildman–Crippen LogP) is 1.30. The molecule has 7 nitrogen and oxygen atoms in total. The van der Waals surface area contributed by atoms with E-state index in [1.54, 1.807) is 17.4 Å². The van der Waals surface area contributed by atoms with Crippen LogP contribution in [0.3, 0.4) is 0 Å². The minimum Gasteiger partial charge on any atom is -0.335 e. The van der Waals surface area contributed by atoms with Crippen molar-refractivity contribution < 1.29 is 13.6 Å². The summed E-state index contributed by atoms with van der Waals surface area (Å²) in [4.78, 5) is 18.1. The first-order valence-corrected chi connectivity index (χ1v) is 8.05. The highest BCUT2D eigenvalue weighted by atomic mass is 19.3. The van der Waals surface area contributed by atoms with Crippen molar-refractivity contribution in [2.75, 3.05) is 6.54 Å². The second-order valence-electron chi connectivity index (χ2n) is 6.49. The van der Waals surface area contributed by atoms with Gasteiger partial charge < -0.3 is 14.0 Å². The summed E-state index contributed by atoms with van der Waals surface area (Å²) in [6.07, 6.45) is 5.36. The van der Waals surface area contributed by atoms with E-state index in [0.29, 0.717) is 25.5 Å². The number of carbonyl (C=O) groups is 1. The average molecular weight is 336 g/mol. The summed E-state index contributed by atoms with van der Waals surface area (Å²) in [7, 11) is 0. The zero-order valence-corrected chi connectivity index (χ0v) is 13.1. The molecule has 2 aromatic rings. The molecule has 1 aliphatic heterocycles. The van der Waals surface area contributed by atoms with Crippen LogP contribution in [0.25, 0.3) is 0 Å². The minimum absolute atomic E-state index is 0.187. The van der Waals surface area contributed by atoms with Crippen LogP contribution in [0.2, 0.25) is 0 Å². The molecule has 0 unspecified atom stereocenters. The van der Waals surface area contributed by atoms with Crippen LogP contribution < -0.4 is 0 Å². The van der Waals surface area contributed by atoms with E-state index < -0.39 is 11.8 Å². The van der Waals surface area contributed by atoms with Crippen molar-refractivity contribution in [3.8, 4) is 0 Å². The van der Waals surface area contributed by atoms with Gasteiger partial charge in [0.05, 0.1) is 19.4 Å². The van der Waals surface area contributed by atoms with Gasteiger partial charge in [-0.2, -0.15) is 0 Å². The number of halogens is 2. The molecule has 128 valence electrons. The number of aromatic nitrogens is 5. The quantitative estimate of drug-likeness (QED) is 0.847. The van der Waals surface area contributed by atoms with Crippen LogP contribution >= 0.6 is 0 Å². The lowest BCUT2D eigenvalue weighted by Gasteiger charge is -2.36. The molecule has 0 radical (unpaired) electrons. The van der Waals surface area contributed by atoms with E-state index in [0.717, 1.165) is 18.8 Å². The molecule has 3 heterocycles. The Morgan fingerprint density at radius 1 is 1.29 bits per heavy atom. The van der Waals surface area contributed by atoms with Gasteiger partial charge in [-0.05, 0) is 6.42 Å². The van der Waals surface area contributed by atoms with Crippen molar-refractivity contribution in [1.82, 2.24) is 29.2 Å². The van der Waals surface area contributed by atoms with E-state index in [4.69, 9.17) is 0 Å². The third-order valence-corrected chi connectivity index (χ3v) is 4.68. The molecule has 2 aromatic heterocycles. The van der Waals surface area contributed by atoms with E-state index in [1.807, 2.05) is 15.3 Å². The van der Waals surface area contributed by atoms with Crippen LogP contribution in [0, 0.1) is 5.92 Å². The molecule has 0 aromatic carbocycles. The largest absolute Gasteiger partial charge is 0.335 e. The smallest absolute Gasteiger partial charge is 0.249 e. The van der Waals surface area contributed by atoms with Gasteiger partial charge in [-0.25, -0.2) is 13.8 Å². The van der Waals surface area contributed by atoms with Crippen molar-refractivity contribution >= 4 is 5.91 Å². The van der Waals surface area contributed by atoms with Crippen LogP contribution in [0.15, 0.2) is 18.7 Å². The number of nitrogens with zero attached hydrogens (tertiary/aromatic N) is 6. The van der Waals surface area contributed by atoms with E-state index in [9.17, 15) is 13.6 Å². The lowest BCUT2D eigenvalue weighted by atomic mass is 9.80. The van der Waals surface area contributed by atoms with Crippen molar-refractivity contribution in [3.63, 3.8) is 0 Å². The summed E-state index contributed by atoms with van der Waals surface area (Å²) in [5, 5.41) is 8.42. The number of fused-ring (bicyclic) bond motifs is 1. The van der Waals surface area contributed by atoms with E-state index in [-0.39, 0.29) is 18.7 Å². The number of carbonyl (C=O) groups excluding carboxylic acids is 1. The molecular weight excluding hydrogens is 318 g/mol. The predicted molar refractivity (Wildman–Crippen MR) is 79.1 cm³/mol. The minimum atomic E-state index is -2.68. The molecule has 1 saturated carbocycles. The lowest BCUT2D eigenvalue weighted by molar-refractivity contribution is -0.160. The van der Waals surface area contributed by atoms with Gasteiger partial charge >= 0.3 is 0 Å². The van der Waals surface area contributed by atoms with Gasteiger partial charge in [0.1, 0.15) is 0 Å². The Morgan fingerprint density at radius 3 is 2.83 bits per heavy atom. The molecule has 1 fully saturated rings. The highest BCUT2D eigenvalue weighted by Crippen LogP contribution is 2.43. The normalized spacial score (nSPS) is 20.3. The Bertz CT molecular complexity index is 733. The monoisotopic (exact) mass is 336 g/mol. The maximum Gasteiger partial charge on any atom is 0.249 e. The summed E-state index contributed by atoms with van der Waals surface area (Å²) in [6.45, 7) is 2.18. The molecule has 0 atom stereocenters. The zero-order valence-electron chi connectivity index (χ0n) is 13.1. The molecule has 24 heavy (non-hydrogen) atoms. The maximum atomic E-state index is 13.0. The van der Waals surface area contributed by atoms with E-state index >= 15 is 0 Å². The van der Waals surface area contributed by atoms with Gasteiger partial charge in [-0.3, -0.25) is 4.79 Å². The lowest BCUT2D eigenvalue weighted by Crippen LogP contribution is -2.46. The summed E-state index contributed by atoms with van der Waals surface area (Å²) < 4.78 is 29.9. The van der Waals surface area contributed by atoms with Crippen LogP contribution in [0.4, 0.5) is 8.78 Å². The summed E-state index contributed by atoms with van der Waals surface area (Å²) in [6, 6.07) is 0. The fourth-order valence-electron chi connectivity index (χ4n) is 3.36. The third-order valence-electron chi connectivity index (χ3n) is 4.68. The molecule has 1 amide bonds. The molecular formula is C15H18F2N6O. The van der Waals surface area contributed by atoms with Gasteiger partial charge in [0.15, 0.2) is 11.6 Å². The Morgan fingerprint density at radius 2 is 2.12 bits per heavy atom. The number of rotatable bonds is 3. The first-order chi connectivity index (χ1) is 11.5. The highest BCUT2D eigenvalue weighted by Gasteiger charge is 2.49. The molecule has 4 rings (SSSR count). The van der Waals surface area contributed by atoms with Gasteiger partial charge in [-0.15, -0.1) is 10.2 Å². The summed E-state index contributed by atoms with van der Waals surface area (Å²) >= 11 is 0. The van der Waals surface area contributed by atoms with Crippen LogP contribution in [-0.4, -0.2) is 47.6 Å². The second kappa shape index (κ2) is 5.64. The zero-order chi connectivity index (χ0) is 16.7. The topological polar surface area (TPSA) is 68.8 Å². The standard InChI is InChI=1S/C15H18F2N6O/c16-15(17)6-11(7-15)14(24)22-3-1-4-23-12(19-20-13(23)9-22)8-21-5-2-18-10-21/h2,5,10-11H,1,3-4,6-9H2. The van der Waals surface area contributed by atoms with Crippen molar-refractivity contribution in [2.45, 2.75) is 44.8 Å². The van der Waals surface area contributed by atoms with Crippen LogP contribution in [0.5, 0.6) is 0 Å². The average Bonchev–Trinajstić information content (AvgIpc) is 3.10. The first kappa shape index (κ1) is 15.2. The van der Waals surface area contributed by atoms with Crippen molar-refractivity contribution in [3.05, 3.63) is 30.4 Å². The molecule has 0 N–H and O–H groups in total. The van der Waals surface area contributed by atoms with Gasteiger partial charge in [0, 0.05) is 44.2 Å². The first-order valence-electron chi connectivity index (χ1n) is 8.05. The van der Waals surface area contributed by atoms with E-state index in [2.05, 4.69) is 15.2 Å². The number of hydrogen-bond donors (Lipinski definition) is 0. The molecule has 0 saturated heterocycles. The second-order valence-corrected chi connectivity index (χ2v) is 6.49. The van der Waals surface area contributed by atoms with Crippen LogP contribution in [-0.2, 0) is 24.4 Å². The Labute approximate surface area is 137 Å². The molecule has 9 heteroatoms. The van der Waals surface area contributed by atoms with Gasteiger partial charge in [-0.1, -0.05) is 0 Å². The SMILES string of the molecule is O=C(C1CC(F)(F)C1)N1CCCn2c(nnc2Cn2ccnc2)C1. The molecule has 2 aliphatic rings. The molecule has 1 aliphatic carbocycles. The fraction of sp³-hybridized carbons (Fsp3) is 0.600. The van der Waals surface area contributed by atoms with Crippen molar-refractivity contribution in [2.24, 2.45) is 5.92 Å². The summed E-state index contributed by atoms with van der Waals surface area (Å²) in [5.41, 5.74) is 0. The molecule has 0 spiro atoms. The highest BCUT2D eigenvalue weighted by molar-refractivity contribution is 5.80. The maximum absolute atomic E-state index is 13.0. The van der Waals surface area contributed by atoms with Crippen molar-refractivity contribution in [1.29, 1.82) is 0 Å². The fourth-order valence-corrected chi connectivity index (χ4v) is 3.36. The number of imidazole rings is 1. The Balaban J connectivity index is 1.47. The number of amides is 1. The number of alkyl halides is 2. The van der Waals surface area contributed by atoms with E-state index in [1.165, 1.54) is 0 Å². The Kier molecular flexibility index (Phi) is 3.58. The van der Waals surface area contributed by atoms with Gasteiger partial charge in [0.2, 0.25) is 11.8 Å². The van der Waals surface area contributed by atoms with Crippen LogP contribution in [0.1, 0.15) is 30.9 Å². The number of hydrogen-bond acceptors (Lipinski definition) is 4. The molecule has 0 bridgehead atoms. The third kappa shape index (κ3) is 2.78. The summed E-state index contributed by atoms with van der Waals surface area (Å²) in [5.74, 6) is -1.90. The Hall–Kier alpha value is -2.32.